The number of anilines is 1. The lowest BCUT2D eigenvalue weighted by molar-refractivity contribution is 0.0698. The number of benzene rings is 1. The van der Waals surface area contributed by atoms with Crippen molar-refractivity contribution in [1.82, 2.24) is 0 Å². The molecule has 0 aliphatic carbocycles. The van der Waals surface area contributed by atoms with Crippen molar-refractivity contribution < 1.29 is 9.90 Å². The second kappa shape index (κ2) is 2.93. The Labute approximate surface area is 69.1 Å². The van der Waals surface area contributed by atoms with Gasteiger partial charge in [-0.05, 0) is 12.1 Å². The van der Waals surface area contributed by atoms with Crippen LogP contribution in [-0.4, -0.2) is 11.1 Å². The Bertz CT molecular complexity index is 366. The fraction of sp³-hybridized carbons (Fsp3) is 0. The highest BCUT2D eigenvalue weighted by Crippen LogP contribution is 2.19. The van der Waals surface area contributed by atoms with Gasteiger partial charge in [0.05, 0.1) is 12.1 Å². The number of rotatable bonds is 1. The maximum atomic E-state index is 10.5. The fourth-order valence-electron chi connectivity index (χ4n) is 0.799. The predicted molar refractivity (Wildman–Crippen MR) is 44.1 cm³/mol. The maximum absolute atomic E-state index is 10.5. The van der Waals surface area contributed by atoms with Gasteiger partial charge in [-0.1, -0.05) is 6.07 Å². The van der Waals surface area contributed by atoms with Crippen molar-refractivity contribution >= 4 is 17.3 Å². The zero-order valence-corrected chi connectivity index (χ0v) is 6.11. The molecule has 0 saturated carbocycles. The molecule has 0 saturated heterocycles. The van der Waals surface area contributed by atoms with Gasteiger partial charge in [0.1, 0.15) is 0 Å². The minimum absolute atomic E-state index is 0.0245. The second-order valence-corrected chi connectivity index (χ2v) is 2.19. The first-order valence-corrected chi connectivity index (χ1v) is 3.15. The molecule has 0 radical (unpaired) electrons. The molecule has 0 aliphatic heterocycles. The SMILES string of the molecule is [C-]#[N+]c1ccc(N)c(C(=O)O)c1. The number of carbonyl (C=O) groups is 1. The van der Waals surface area contributed by atoms with Crippen LogP contribution in [0.5, 0.6) is 0 Å². The first-order chi connectivity index (χ1) is 5.65. The number of hydrogen-bond donors (Lipinski definition) is 2. The van der Waals surface area contributed by atoms with Crippen LogP contribution in [0, 0.1) is 6.57 Å². The number of nitrogens with zero attached hydrogens (tertiary/aromatic N) is 1. The zero-order chi connectivity index (χ0) is 9.14. The molecule has 1 rings (SSSR count). The van der Waals surface area contributed by atoms with E-state index in [1.54, 1.807) is 0 Å². The normalized spacial score (nSPS) is 8.92. The second-order valence-electron chi connectivity index (χ2n) is 2.19. The summed E-state index contributed by atoms with van der Waals surface area (Å²) >= 11 is 0. The smallest absolute Gasteiger partial charge is 0.336 e. The number of nitrogens with two attached hydrogens (primary N) is 1. The Morgan fingerprint density at radius 1 is 1.58 bits per heavy atom. The van der Waals surface area contributed by atoms with E-state index >= 15 is 0 Å². The molecule has 0 aromatic heterocycles. The molecule has 4 nitrogen and oxygen atoms in total. The molecule has 0 bridgehead atoms. The minimum Gasteiger partial charge on any atom is -0.478 e. The van der Waals surface area contributed by atoms with Gasteiger partial charge in [-0.3, -0.25) is 0 Å². The van der Waals surface area contributed by atoms with Crippen LogP contribution < -0.4 is 5.73 Å². The molecule has 0 heterocycles. The lowest BCUT2D eigenvalue weighted by Gasteiger charge is -1.99. The van der Waals surface area contributed by atoms with E-state index in [9.17, 15) is 4.79 Å². The van der Waals surface area contributed by atoms with E-state index in [4.69, 9.17) is 17.4 Å². The molecular formula is C8H6N2O2. The molecule has 1 aromatic rings. The summed E-state index contributed by atoms with van der Waals surface area (Å²) in [4.78, 5) is 13.6. The van der Waals surface area contributed by atoms with Crippen LogP contribution in [0.4, 0.5) is 11.4 Å². The Balaban J connectivity index is 3.28. The summed E-state index contributed by atoms with van der Waals surface area (Å²) in [6.07, 6.45) is 0. The van der Waals surface area contributed by atoms with E-state index in [0.717, 1.165) is 0 Å². The lowest BCUT2D eigenvalue weighted by atomic mass is 10.1. The summed E-state index contributed by atoms with van der Waals surface area (Å²) in [5.41, 5.74) is 5.79. The highest BCUT2D eigenvalue weighted by atomic mass is 16.4. The van der Waals surface area contributed by atoms with Crippen LogP contribution >= 0.6 is 0 Å². The molecule has 0 amide bonds. The third kappa shape index (κ3) is 1.35. The van der Waals surface area contributed by atoms with Gasteiger partial charge in [-0.2, -0.15) is 0 Å². The first-order valence-electron chi connectivity index (χ1n) is 3.15. The van der Waals surface area contributed by atoms with E-state index in [0.29, 0.717) is 0 Å². The van der Waals surface area contributed by atoms with E-state index in [2.05, 4.69) is 4.85 Å². The molecule has 60 valence electrons. The van der Waals surface area contributed by atoms with Gasteiger partial charge in [-0.25, -0.2) is 9.64 Å². The van der Waals surface area contributed by atoms with E-state index in [1.807, 2.05) is 0 Å². The molecule has 0 atom stereocenters. The number of aromatic carboxylic acids is 1. The van der Waals surface area contributed by atoms with Gasteiger partial charge < -0.3 is 10.8 Å². The molecule has 12 heavy (non-hydrogen) atoms. The highest BCUT2D eigenvalue weighted by Gasteiger charge is 2.07. The summed E-state index contributed by atoms with van der Waals surface area (Å²) in [6.45, 7) is 6.64. The van der Waals surface area contributed by atoms with Gasteiger partial charge in [0.15, 0.2) is 5.69 Å². The zero-order valence-electron chi connectivity index (χ0n) is 6.11. The quantitative estimate of drug-likeness (QED) is 0.486. The van der Waals surface area contributed by atoms with Crippen molar-refractivity contribution in [2.45, 2.75) is 0 Å². The van der Waals surface area contributed by atoms with Gasteiger partial charge in [0.2, 0.25) is 0 Å². The Morgan fingerprint density at radius 3 is 2.75 bits per heavy atom. The summed E-state index contributed by atoms with van der Waals surface area (Å²) in [5, 5.41) is 8.60. The van der Waals surface area contributed by atoms with Crippen molar-refractivity contribution in [3.05, 3.63) is 35.2 Å². The third-order valence-corrected chi connectivity index (χ3v) is 1.40. The predicted octanol–water partition coefficient (Wildman–Crippen LogP) is 1.52. The van der Waals surface area contributed by atoms with Gasteiger partial charge >= 0.3 is 5.97 Å². The van der Waals surface area contributed by atoms with Crippen molar-refractivity contribution in [2.75, 3.05) is 5.73 Å². The Morgan fingerprint density at radius 2 is 2.25 bits per heavy atom. The average Bonchev–Trinajstić information content (AvgIpc) is 2.05. The van der Waals surface area contributed by atoms with Crippen LogP contribution in [0.2, 0.25) is 0 Å². The number of carboxylic acids is 1. The highest BCUT2D eigenvalue weighted by molar-refractivity contribution is 5.94. The van der Waals surface area contributed by atoms with Crippen LogP contribution in [-0.2, 0) is 0 Å². The first kappa shape index (κ1) is 8.08. The van der Waals surface area contributed by atoms with E-state index in [-0.39, 0.29) is 16.9 Å². The molecule has 3 N–H and O–H groups in total. The van der Waals surface area contributed by atoms with Crippen LogP contribution in [0.15, 0.2) is 18.2 Å². The van der Waals surface area contributed by atoms with Crippen LogP contribution in [0.3, 0.4) is 0 Å². The summed E-state index contributed by atoms with van der Waals surface area (Å²) in [6, 6.07) is 4.15. The van der Waals surface area contributed by atoms with Crippen molar-refractivity contribution in [2.24, 2.45) is 0 Å². The molecule has 0 aliphatic rings. The molecule has 0 fully saturated rings. The topological polar surface area (TPSA) is 67.7 Å². The Hall–Kier alpha value is -2.02. The summed E-state index contributed by atoms with van der Waals surface area (Å²) in [7, 11) is 0. The van der Waals surface area contributed by atoms with Gasteiger partial charge in [0, 0.05) is 5.69 Å². The molecule has 0 spiro atoms. The Kier molecular flexibility index (Phi) is 1.97. The van der Waals surface area contributed by atoms with Crippen LogP contribution in [0.1, 0.15) is 10.4 Å². The fourth-order valence-corrected chi connectivity index (χ4v) is 0.799. The van der Waals surface area contributed by atoms with Crippen molar-refractivity contribution in [1.29, 1.82) is 0 Å². The monoisotopic (exact) mass is 162 g/mol. The molecular weight excluding hydrogens is 156 g/mol. The molecule has 1 aromatic carbocycles. The largest absolute Gasteiger partial charge is 0.478 e. The van der Waals surface area contributed by atoms with Gasteiger partial charge in [-0.15, -0.1) is 0 Å². The number of hydrogen-bond acceptors (Lipinski definition) is 2. The van der Waals surface area contributed by atoms with Crippen molar-refractivity contribution in [3.63, 3.8) is 0 Å². The third-order valence-electron chi connectivity index (χ3n) is 1.40. The van der Waals surface area contributed by atoms with E-state index < -0.39 is 5.97 Å². The standard InChI is InChI=1S/C8H6N2O2/c1-10-5-2-3-7(9)6(4-5)8(11)12/h2-4H,9H2,(H,11,12). The van der Waals surface area contributed by atoms with Crippen molar-refractivity contribution in [3.8, 4) is 0 Å². The average molecular weight is 162 g/mol. The molecule has 4 heteroatoms. The number of nitrogen functional groups attached to an aromatic ring is 1. The van der Waals surface area contributed by atoms with E-state index in [1.165, 1.54) is 18.2 Å². The number of carboxylic acid groups (broad SMARTS) is 1. The maximum Gasteiger partial charge on any atom is 0.336 e. The van der Waals surface area contributed by atoms with Crippen LogP contribution in [0.25, 0.3) is 4.85 Å². The lowest BCUT2D eigenvalue weighted by Crippen LogP contribution is -2.01. The summed E-state index contributed by atoms with van der Waals surface area (Å²) in [5.74, 6) is -1.11. The minimum atomic E-state index is -1.11. The summed E-state index contributed by atoms with van der Waals surface area (Å²) < 4.78 is 0. The molecule has 0 unspecified atom stereocenters. The van der Waals surface area contributed by atoms with Gasteiger partial charge in [0.25, 0.3) is 0 Å².